The van der Waals surface area contributed by atoms with E-state index in [1.807, 2.05) is 11.3 Å². The number of rotatable bonds is 9. The average Bonchev–Trinajstić information content (AvgIpc) is 2.86. The molecule has 1 atom stereocenters. The molecule has 0 fully saturated rings. The van der Waals surface area contributed by atoms with Gasteiger partial charge in [-0.05, 0) is 38.6 Å². The third-order valence-corrected chi connectivity index (χ3v) is 5.20. The zero-order chi connectivity index (χ0) is 14.3. The van der Waals surface area contributed by atoms with Gasteiger partial charge in [-0.2, -0.15) is 0 Å². The Kier molecular flexibility index (Phi) is 7.66. The number of thiophene rings is 1. The molecule has 0 saturated carbocycles. The molecular weight excluding hydrogens is 252 g/mol. The Bertz CT molecular complexity index is 342. The van der Waals surface area contributed by atoms with Crippen LogP contribution in [-0.4, -0.2) is 31.6 Å². The van der Waals surface area contributed by atoms with E-state index in [1.165, 1.54) is 22.6 Å². The normalized spacial score (nSPS) is 13.4. The van der Waals surface area contributed by atoms with Crippen LogP contribution < -0.4 is 5.32 Å². The molecule has 0 spiro atoms. The molecular formula is C16H30N2S. The molecule has 0 aromatic carbocycles. The molecule has 1 heterocycles. The van der Waals surface area contributed by atoms with Gasteiger partial charge in [-0.1, -0.05) is 33.6 Å². The van der Waals surface area contributed by atoms with Gasteiger partial charge >= 0.3 is 0 Å². The molecule has 0 amide bonds. The lowest BCUT2D eigenvalue weighted by Gasteiger charge is -2.31. The summed E-state index contributed by atoms with van der Waals surface area (Å²) in [5.74, 6) is 0.789. The third kappa shape index (κ3) is 5.25. The van der Waals surface area contributed by atoms with Gasteiger partial charge in [0.2, 0.25) is 0 Å². The average molecular weight is 282 g/mol. The van der Waals surface area contributed by atoms with Gasteiger partial charge in [0.1, 0.15) is 0 Å². The van der Waals surface area contributed by atoms with Crippen LogP contribution in [0.1, 0.15) is 43.4 Å². The van der Waals surface area contributed by atoms with Crippen LogP contribution in [0.2, 0.25) is 0 Å². The third-order valence-electron chi connectivity index (χ3n) is 3.97. The first-order chi connectivity index (χ1) is 9.12. The Balaban J connectivity index is 2.43. The molecule has 0 bridgehead atoms. The van der Waals surface area contributed by atoms with Gasteiger partial charge in [0.15, 0.2) is 0 Å². The van der Waals surface area contributed by atoms with E-state index in [1.54, 1.807) is 0 Å². The topological polar surface area (TPSA) is 15.3 Å². The van der Waals surface area contributed by atoms with Gasteiger partial charge in [0.05, 0.1) is 0 Å². The second kappa shape index (κ2) is 8.72. The van der Waals surface area contributed by atoms with E-state index in [-0.39, 0.29) is 0 Å². The summed E-state index contributed by atoms with van der Waals surface area (Å²) in [7, 11) is 4.40. The lowest BCUT2D eigenvalue weighted by molar-refractivity contribution is 0.194. The van der Waals surface area contributed by atoms with Gasteiger partial charge in [0.25, 0.3) is 0 Å². The van der Waals surface area contributed by atoms with Gasteiger partial charge in [-0.3, -0.25) is 0 Å². The minimum atomic E-state index is 0.639. The fraction of sp³-hybridized carbons (Fsp3) is 0.750. The minimum absolute atomic E-state index is 0.639. The first-order valence-corrected chi connectivity index (χ1v) is 8.38. The molecule has 1 aromatic rings. The number of hydrogen-bond donors (Lipinski definition) is 1. The molecule has 0 radical (unpaired) electrons. The minimum Gasteiger partial charge on any atom is -0.310 e. The van der Waals surface area contributed by atoms with Crippen molar-refractivity contribution in [2.45, 2.75) is 52.6 Å². The van der Waals surface area contributed by atoms with Crippen LogP contribution in [0.3, 0.4) is 0 Å². The predicted octanol–water partition coefficient (Wildman–Crippen LogP) is 3.77. The summed E-state index contributed by atoms with van der Waals surface area (Å²) in [6.07, 6.45) is 3.68. The Labute approximate surface area is 123 Å². The van der Waals surface area contributed by atoms with E-state index in [2.05, 4.69) is 57.2 Å². The van der Waals surface area contributed by atoms with E-state index in [0.717, 1.165) is 25.4 Å². The molecule has 2 nitrogen and oxygen atoms in total. The first-order valence-electron chi connectivity index (χ1n) is 7.57. The van der Waals surface area contributed by atoms with Gasteiger partial charge in [0, 0.05) is 28.9 Å². The summed E-state index contributed by atoms with van der Waals surface area (Å²) in [4.78, 5) is 5.32. The maximum Gasteiger partial charge on any atom is 0.0300 e. The maximum absolute atomic E-state index is 3.64. The van der Waals surface area contributed by atoms with E-state index in [4.69, 9.17) is 0 Å². The molecule has 1 unspecified atom stereocenters. The molecule has 0 aliphatic carbocycles. The predicted molar refractivity (Wildman–Crippen MR) is 87.0 cm³/mol. The molecule has 110 valence electrons. The molecule has 0 aliphatic heterocycles. The van der Waals surface area contributed by atoms with Gasteiger partial charge in [-0.25, -0.2) is 0 Å². The molecule has 1 rings (SSSR count). The summed E-state index contributed by atoms with van der Waals surface area (Å²) in [6.45, 7) is 8.92. The number of hydrogen-bond acceptors (Lipinski definition) is 3. The van der Waals surface area contributed by atoms with Crippen LogP contribution in [-0.2, 0) is 13.0 Å². The van der Waals surface area contributed by atoms with E-state index < -0.39 is 0 Å². The summed E-state index contributed by atoms with van der Waals surface area (Å²) in [5, 5.41) is 3.64. The Morgan fingerprint density at radius 2 is 1.74 bits per heavy atom. The van der Waals surface area contributed by atoms with Crippen molar-refractivity contribution >= 4 is 11.3 Å². The Hall–Kier alpha value is -0.380. The lowest BCUT2D eigenvalue weighted by atomic mass is 9.93. The second-order valence-electron chi connectivity index (χ2n) is 5.46. The van der Waals surface area contributed by atoms with E-state index in [0.29, 0.717) is 6.04 Å². The van der Waals surface area contributed by atoms with Crippen molar-refractivity contribution in [1.29, 1.82) is 0 Å². The van der Waals surface area contributed by atoms with Crippen molar-refractivity contribution in [2.75, 3.05) is 20.6 Å². The highest BCUT2D eigenvalue weighted by Crippen LogP contribution is 2.18. The molecule has 0 saturated heterocycles. The molecule has 3 heteroatoms. The fourth-order valence-corrected chi connectivity index (χ4v) is 3.58. The van der Waals surface area contributed by atoms with E-state index >= 15 is 0 Å². The second-order valence-corrected chi connectivity index (χ2v) is 6.71. The van der Waals surface area contributed by atoms with Crippen LogP contribution >= 0.6 is 11.3 Å². The lowest BCUT2D eigenvalue weighted by Crippen LogP contribution is -2.42. The molecule has 1 aromatic heterocycles. The Morgan fingerprint density at radius 3 is 2.21 bits per heavy atom. The molecule has 1 N–H and O–H groups in total. The summed E-state index contributed by atoms with van der Waals surface area (Å²) in [5.41, 5.74) is 0. The van der Waals surface area contributed by atoms with Gasteiger partial charge < -0.3 is 10.2 Å². The number of likely N-dealkylation sites (N-methyl/N-ethyl adjacent to an activating group) is 1. The highest BCUT2D eigenvalue weighted by Gasteiger charge is 2.19. The van der Waals surface area contributed by atoms with Crippen LogP contribution in [0.15, 0.2) is 12.1 Å². The van der Waals surface area contributed by atoms with E-state index in [9.17, 15) is 0 Å². The summed E-state index contributed by atoms with van der Waals surface area (Å²) < 4.78 is 0. The van der Waals surface area contributed by atoms with Crippen LogP contribution in [0.5, 0.6) is 0 Å². The van der Waals surface area contributed by atoms with Gasteiger partial charge in [-0.15, -0.1) is 11.3 Å². The van der Waals surface area contributed by atoms with Crippen LogP contribution in [0.4, 0.5) is 0 Å². The highest BCUT2D eigenvalue weighted by atomic mass is 32.1. The fourth-order valence-electron chi connectivity index (χ4n) is 2.65. The molecule has 19 heavy (non-hydrogen) atoms. The zero-order valence-electron chi connectivity index (χ0n) is 13.2. The maximum atomic E-state index is 3.64. The van der Waals surface area contributed by atoms with Crippen molar-refractivity contribution < 1.29 is 0 Å². The van der Waals surface area contributed by atoms with Crippen molar-refractivity contribution in [3.63, 3.8) is 0 Å². The smallest absolute Gasteiger partial charge is 0.0300 e. The Morgan fingerprint density at radius 1 is 1.11 bits per heavy atom. The number of aryl methyl sites for hydroxylation is 1. The number of nitrogens with zero attached hydrogens (tertiary/aromatic N) is 1. The monoisotopic (exact) mass is 282 g/mol. The van der Waals surface area contributed by atoms with Crippen LogP contribution in [0, 0.1) is 5.92 Å². The van der Waals surface area contributed by atoms with Crippen LogP contribution in [0.25, 0.3) is 0 Å². The van der Waals surface area contributed by atoms with Crippen molar-refractivity contribution in [1.82, 2.24) is 10.2 Å². The highest BCUT2D eigenvalue weighted by molar-refractivity contribution is 7.11. The van der Waals surface area contributed by atoms with Crippen molar-refractivity contribution in [3.05, 3.63) is 21.9 Å². The standard InChI is InChI=1S/C16H30N2S/c1-6-13(7-2)16(18(4)5)12-17-11-15-10-9-14(8-3)19-15/h9-10,13,16-17H,6-8,11-12H2,1-5H3. The summed E-state index contributed by atoms with van der Waals surface area (Å²) >= 11 is 1.94. The van der Waals surface area contributed by atoms with Crippen molar-refractivity contribution in [3.8, 4) is 0 Å². The zero-order valence-corrected chi connectivity index (χ0v) is 14.0. The van der Waals surface area contributed by atoms with Crippen molar-refractivity contribution in [2.24, 2.45) is 5.92 Å². The molecule has 0 aliphatic rings. The summed E-state index contributed by atoms with van der Waals surface area (Å²) in [6, 6.07) is 5.16. The largest absolute Gasteiger partial charge is 0.310 e. The quantitative estimate of drug-likeness (QED) is 0.742. The number of nitrogens with one attached hydrogen (secondary N) is 1. The SMILES string of the molecule is CCc1ccc(CNCC(C(CC)CC)N(C)C)s1. The first kappa shape index (κ1) is 16.7.